The van der Waals surface area contributed by atoms with Crippen LogP contribution in [0.3, 0.4) is 0 Å². The molecule has 7 aromatic rings. The summed E-state index contributed by atoms with van der Waals surface area (Å²) in [4.78, 5) is 2.60. The zero-order chi connectivity index (χ0) is 26.7. The molecule has 190 valence electrons. The van der Waals surface area contributed by atoms with E-state index >= 15 is 0 Å². The van der Waals surface area contributed by atoms with E-state index in [1.807, 2.05) is 11.8 Å². The summed E-state index contributed by atoms with van der Waals surface area (Å²) in [7, 11) is 0. The second-order valence-electron chi connectivity index (χ2n) is 10.1. The van der Waals surface area contributed by atoms with Gasteiger partial charge in [0.15, 0.2) is 0 Å². The molecule has 0 saturated carbocycles. The topological polar surface area (TPSA) is 4.93 Å². The number of fused-ring (bicyclic) bond motifs is 5. The van der Waals surface area contributed by atoms with Gasteiger partial charge in [-0.2, -0.15) is 0 Å². The minimum atomic E-state index is -1.92. The summed E-state index contributed by atoms with van der Waals surface area (Å²) in [5.41, 5.74) is 4.41. The fourth-order valence-electron chi connectivity index (χ4n) is 6.00. The molecule has 0 radical (unpaired) electrons. The van der Waals surface area contributed by atoms with Crippen molar-refractivity contribution < 1.29 is 0 Å². The second-order valence-corrected chi connectivity index (χ2v) is 17.4. The Hall–Kier alpha value is -3.58. The zero-order valence-electron chi connectivity index (χ0n) is 21.6. The van der Waals surface area contributed by atoms with E-state index in [0.717, 1.165) is 0 Å². The average Bonchev–Trinajstić information content (AvgIpc) is 3.37. The van der Waals surface area contributed by atoms with Gasteiger partial charge in [0.25, 0.3) is 0 Å². The Morgan fingerprint density at radius 1 is 0.500 bits per heavy atom. The van der Waals surface area contributed by atoms with E-state index in [1.165, 1.54) is 64.3 Å². The van der Waals surface area contributed by atoms with Gasteiger partial charge in [-0.3, -0.25) is 0 Å². The molecule has 1 aromatic heterocycles. The van der Waals surface area contributed by atoms with Gasteiger partial charge < -0.3 is 0 Å². The van der Waals surface area contributed by atoms with Crippen molar-refractivity contribution in [2.75, 3.05) is 0 Å². The Morgan fingerprint density at radius 3 is 1.90 bits per heavy atom. The number of hydrogen-bond donors (Lipinski definition) is 0. The van der Waals surface area contributed by atoms with E-state index in [-0.39, 0.29) is 0 Å². The van der Waals surface area contributed by atoms with Crippen LogP contribution in [-0.2, 0) is 0 Å². The van der Waals surface area contributed by atoms with Crippen LogP contribution < -0.4 is 15.9 Å². The summed E-state index contributed by atoms with van der Waals surface area (Å²) in [6.45, 7) is 0. The molecule has 2 heterocycles. The molecule has 0 spiro atoms. The van der Waals surface area contributed by atoms with Gasteiger partial charge in [0.1, 0.15) is 0 Å². The average molecular weight is 613 g/mol. The van der Waals surface area contributed by atoms with E-state index in [1.54, 1.807) is 0 Å². The van der Waals surface area contributed by atoms with Crippen LogP contribution >= 0.6 is 17.3 Å². The van der Waals surface area contributed by atoms with Crippen molar-refractivity contribution in [2.24, 2.45) is 0 Å². The first-order valence-corrected chi connectivity index (χ1v) is 18.2. The van der Waals surface area contributed by atoms with Gasteiger partial charge in [0.05, 0.1) is 0 Å². The molecular weight excluding hydrogens is 588 g/mol. The van der Waals surface area contributed by atoms with Crippen molar-refractivity contribution in [1.82, 2.24) is 4.57 Å². The number of para-hydroxylation sites is 2. The molecule has 0 fully saturated rings. The Kier molecular flexibility index (Phi) is 5.76. The van der Waals surface area contributed by atoms with E-state index in [0.29, 0.717) is 0 Å². The number of nitrogens with zero attached hydrogens (tertiary/aromatic N) is 1. The number of rotatable bonds is 4. The van der Waals surface area contributed by atoms with Gasteiger partial charge in [0.2, 0.25) is 0 Å². The molecule has 0 amide bonds. The molecule has 0 aliphatic carbocycles. The minimum absolute atomic E-state index is 1.24. The van der Waals surface area contributed by atoms with Gasteiger partial charge in [0, 0.05) is 0 Å². The molecule has 1 aliphatic heterocycles. The third kappa shape index (κ3) is 3.66. The van der Waals surface area contributed by atoms with Gasteiger partial charge in [-0.1, -0.05) is 6.07 Å². The van der Waals surface area contributed by atoms with Crippen LogP contribution in [0.15, 0.2) is 155 Å². The van der Waals surface area contributed by atoms with Crippen LogP contribution in [-0.4, -0.2) is 19.7 Å². The Balaban J connectivity index is 1.29. The first-order valence-electron chi connectivity index (χ1n) is 13.4. The predicted octanol–water partition coefficient (Wildman–Crippen LogP) is 8.29. The summed E-state index contributed by atoms with van der Waals surface area (Å²) in [5, 5.41) is 6.67. The molecule has 6 aromatic carbocycles. The van der Waals surface area contributed by atoms with Gasteiger partial charge in [-0.25, -0.2) is 0 Å². The third-order valence-electron chi connectivity index (χ3n) is 7.86. The Labute approximate surface area is 245 Å². The first kappa shape index (κ1) is 24.2. The molecule has 4 heteroatoms. The fraction of sp³-hybridized carbons (Fsp3) is 0. The van der Waals surface area contributed by atoms with Crippen molar-refractivity contribution in [3.8, 4) is 16.8 Å². The van der Waals surface area contributed by atoms with Gasteiger partial charge in [-0.05, 0) is 0 Å². The van der Waals surface area contributed by atoms with Crippen LogP contribution in [0.5, 0.6) is 0 Å². The van der Waals surface area contributed by atoms with Crippen LogP contribution in [0.2, 0.25) is 0 Å². The monoisotopic (exact) mass is 613 g/mol. The molecule has 0 saturated heterocycles. The third-order valence-corrected chi connectivity index (χ3v) is 16.0. The fourth-order valence-corrected chi connectivity index (χ4v) is 12.1. The second kappa shape index (κ2) is 9.51. The zero-order valence-corrected chi connectivity index (χ0v) is 25.0. The van der Waals surface area contributed by atoms with Crippen LogP contribution in [0, 0.1) is 0 Å². The molecule has 8 rings (SSSR count). The van der Waals surface area contributed by atoms with Crippen LogP contribution in [0.25, 0.3) is 38.6 Å². The molecule has 0 bridgehead atoms. The van der Waals surface area contributed by atoms with Crippen molar-refractivity contribution in [1.29, 1.82) is 0 Å². The van der Waals surface area contributed by atoms with E-state index in [9.17, 15) is 0 Å². The molecule has 0 atom stereocenters. The SMILES string of the molecule is [Se]=P(c1ccccc1)(c1ccccc1)c1cccc(-c2ccc3c(c2)Sc2cccc4c5ccccc5n-3c24)c1. The van der Waals surface area contributed by atoms with Crippen LogP contribution in [0.1, 0.15) is 0 Å². The molecule has 1 aliphatic rings. The maximum atomic E-state index is 3.71. The van der Waals surface area contributed by atoms with E-state index in [4.69, 9.17) is 0 Å². The van der Waals surface area contributed by atoms with Crippen molar-refractivity contribution in [3.05, 3.63) is 146 Å². The van der Waals surface area contributed by atoms with Crippen molar-refractivity contribution in [2.45, 2.75) is 9.79 Å². The van der Waals surface area contributed by atoms with Crippen molar-refractivity contribution in [3.63, 3.8) is 0 Å². The standard InChI is InChI=1S/C36H24NPSSe/c40-38(27-12-3-1-4-13-27,28-14-5-2-6-15-28)29-16-9-11-25(23-29)26-21-22-33-35(24-26)39-34-20-10-18-31-30-17-7-8-19-32(30)37(33)36(31)34/h1-24H. The summed E-state index contributed by atoms with van der Waals surface area (Å²) in [5.74, 6) is 0. The summed E-state index contributed by atoms with van der Waals surface area (Å²) in [6.07, 6.45) is 0. The molecule has 1 nitrogen and oxygen atoms in total. The molecule has 40 heavy (non-hydrogen) atoms. The predicted molar refractivity (Wildman–Crippen MR) is 175 cm³/mol. The molecule has 0 N–H and O–H groups in total. The number of hydrogen-bond acceptors (Lipinski definition) is 1. The van der Waals surface area contributed by atoms with Crippen LogP contribution in [0.4, 0.5) is 0 Å². The number of aromatic nitrogens is 1. The summed E-state index contributed by atoms with van der Waals surface area (Å²) < 4.78 is 2.45. The first-order chi connectivity index (χ1) is 19.7. The summed E-state index contributed by atoms with van der Waals surface area (Å²) in [6, 6.07) is 53.4. The molecule has 0 unspecified atom stereocenters. The van der Waals surface area contributed by atoms with E-state index < -0.39 is 5.51 Å². The number of benzene rings is 6. The quantitative estimate of drug-likeness (QED) is 0.143. The maximum absolute atomic E-state index is 3.71. The molecular formula is C36H24NPSSe. The Bertz CT molecular complexity index is 2070. The van der Waals surface area contributed by atoms with E-state index in [2.05, 4.69) is 165 Å². The van der Waals surface area contributed by atoms with Gasteiger partial charge >= 0.3 is 241 Å². The normalized spacial score (nSPS) is 12.5. The Morgan fingerprint density at radius 2 is 1.12 bits per heavy atom. The van der Waals surface area contributed by atoms with Gasteiger partial charge in [-0.15, -0.1) is 0 Å². The van der Waals surface area contributed by atoms with Crippen molar-refractivity contribution >= 4 is 70.1 Å². The summed E-state index contributed by atoms with van der Waals surface area (Å²) >= 11 is 5.59.